The molecule has 1 aromatic heterocycles. The molecule has 1 amide bonds. The van der Waals surface area contributed by atoms with Crippen molar-refractivity contribution in [3.05, 3.63) is 72.7 Å². The third-order valence-corrected chi connectivity index (χ3v) is 8.77. The minimum absolute atomic E-state index is 0. The van der Waals surface area contributed by atoms with Crippen molar-refractivity contribution in [2.75, 3.05) is 35.8 Å². The summed E-state index contributed by atoms with van der Waals surface area (Å²) >= 11 is 1.81. The molecule has 2 aliphatic heterocycles. The first-order chi connectivity index (χ1) is 16.5. The number of aromatic nitrogens is 2. The SMILES string of the molecule is O=C(CC1Cc2ccccc2S1)N1CCN(c2ccc(S(=O)(=O)Nc3ccncn3)cc2)CC1.[HH]. The van der Waals surface area contributed by atoms with Gasteiger partial charge >= 0.3 is 0 Å². The van der Waals surface area contributed by atoms with Crippen molar-refractivity contribution < 1.29 is 14.6 Å². The summed E-state index contributed by atoms with van der Waals surface area (Å²) in [5.41, 5.74) is 2.28. The van der Waals surface area contributed by atoms with Gasteiger partial charge in [-0.15, -0.1) is 11.8 Å². The lowest BCUT2D eigenvalue weighted by molar-refractivity contribution is -0.131. The number of fused-ring (bicyclic) bond motifs is 1. The van der Waals surface area contributed by atoms with Crippen LogP contribution in [0.1, 0.15) is 13.4 Å². The van der Waals surface area contributed by atoms with E-state index in [1.165, 1.54) is 29.0 Å². The average Bonchev–Trinajstić information content (AvgIpc) is 3.27. The van der Waals surface area contributed by atoms with Gasteiger partial charge in [-0.05, 0) is 48.4 Å². The largest absolute Gasteiger partial charge is 0.368 e. The van der Waals surface area contributed by atoms with E-state index in [1.807, 2.05) is 22.7 Å². The van der Waals surface area contributed by atoms with Crippen molar-refractivity contribution in [1.82, 2.24) is 14.9 Å². The highest BCUT2D eigenvalue weighted by Crippen LogP contribution is 2.38. The molecule has 0 bridgehead atoms. The predicted molar refractivity (Wildman–Crippen MR) is 135 cm³/mol. The van der Waals surface area contributed by atoms with E-state index in [0.717, 1.165) is 25.2 Å². The van der Waals surface area contributed by atoms with Crippen LogP contribution >= 0.6 is 11.8 Å². The normalized spacial score (nSPS) is 17.9. The Labute approximate surface area is 204 Å². The maximum atomic E-state index is 12.9. The van der Waals surface area contributed by atoms with E-state index in [2.05, 4.69) is 37.8 Å². The fourth-order valence-corrected chi connectivity index (χ4v) is 6.61. The molecule has 0 saturated carbocycles. The Morgan fingerprint density at radius 2 is 1.82 bits per heavy atom. The van der Waals surface area contributed by atoms with Crippen molar-refractivity contribution in [2.45, 2.75) is 27.9 Å². The molecule has 1 unspecified atom stereocenters. The Balaban J connectivity index is 0.00000289. The van der Waals surface area contributed by atoms with Crippen molar-refractivity contribution in [3.8, 4) is 0 Å². The number of sulfonamides is 1. The van der Waals surface area contributed by atoms with Crippen molar-refractivity contribution in [3.63, 3.8) is 0 Å². The molecule has 1 N–H and O–H groups in total. The van der Waals surface area contributed by atoms with Gasteiger partial charge in [-0.3, -0.25) is 9.52 Å². The monoisotopic (exact) mass is 497 g/mol. The second kappa shape index (κ2) is 9.63. The minimum Gasteiger partial charge on any atom is -0.368 e. The summed E-state index contributed by atoms with van der Waals surface area (Å²) in [4.78, 5) is 26.1. The van der Waals surface area contributed by atoms with Crippen LogP contribution in [0.3, 0.4) is 0 Å². The predicted octanol–water partition coefficient (Wildman–Crippen LogP) is 3.28. The molecule has 34 heavy (non-hydrogen) atoms. The topological polar surface area (TPSA) is 95.5 Å². The molecule has 1 atom stereocenters. The lowest BCUT2D eigenvalue weighted by Crippen LogP contribution is -2.49. The molecule has 3 heterocycles. The Morgan fingerprint density at radius 3 is 2.53 bits per heavy atom. The molecular weight excluding hydrogens is 470 g/mol. The van der Waals surface area contributed by atoms with Gasteiger partial charge in [0, 0.05) is 56.1 Å². The molecule has 5 rings (SSSR count). The van der Waals surface area contributed by atoms with E-state index in [1.54, 1.807) is 24.3 Å². The number of amides is 1. The molecule has 2 aliphatic rings. The van der Waals surface area contributed by atoms with E-state index in [0.29, 0.717) is 24.8 Å². The number of thioether (sulfide) groups is 1. The number of nitrogens with one attached hydrogen (secondary N) is 1. The van der Waals surface area contributed by atoms with E-state index < -0.39 is 10.0 Å². The summed E-state index contributed by atoms with van der Waals surface area (Å²) in [5, 5.41) is 0.313. The van der Waals surface area contributed by atoms with E-state index in [-0.39, 0.29) is 18.0 Å². The Hall–Kier alpha value is -3.11. The van der Waals surface area contributed by atoms with E-state index >= 15 is 0 Å². The van der Waals surface area contributed by atoms with Crippen LogP contribution in [0.15, 0.2) is 76.9 Å². The fourth-order valence-electron chi connectivity index (χ4n) is 4.29. The van der Waals surface area contributed by atoms with Crippen LogP contribution in [0.2, 0.25) is 0 Å². The summed E-state index contributed by atoms with van der Waals surface area (Å²) in [7, 11) is -3.73. The first-order valence-corrected chi connectivity index (χ1v) is 13.5. The molecule has 0 radical (unpaired) electrons. The van der Waals surface area contributed by atoms with E-state index in [4.69, 9.17) is 0 Å². The summed E-state index contributed by atoms with van der Waals surface area (Å²) in [6.45, 7) is 2.76. The van der Waals surface area contributed by atoms with Gasteiger partial charge in [-0.2, -0.15) is 0 Å². The second-order valence-corrected chi connectivity index (χ2v) is 11.3. The number of rotatable bonds is 6. The number of carbonyl (C=O) groups is 1. The van der Waals surface area contributed by atoms with Crippen LogP contribution in [0, 0.1) is 0 Å². The number of anilines is 2. The van der Waals surface area contributed by atoms with Gasteiger partial charge in [0.1, 0.15) is 12.1 Å². The average molecular weight is 498 g/mol. The number of piperazine rings is 1. The maximum absolute atomic E-state index is 12.9. The molecule has 1 saturated heterocycles. The van der Waals surface area contributed by atoms with Gasteiger partial charge in [0.15, 0.2) is 0 Å². The van der Waals surface area contributed by atoms with Crippen LogP contribution < -0.4 is 9.62 Å². The molecule has 3 aromatic rings. The summed E-state index contributed by atoms with van der Waals surface area (Å²) in [6.07, 6.45) is 4.28. The van der Waals surface area contributed by atoms with Gasteiger partial charge in [-0.25, -0.2) is 18.4 Å². The molecular formula is C24H27N5O3S2. The number of nitrogens with zero attached hydrogens (tertiary/aromatic N) is 4. The standard InChI is InChI=1S/C24H25N5O3S2.H2/c30-24(16-20-15-18-3-1-2-4-22(18)33-20)29-13-11-28(12-14-29)19-5-7-21(8-6-19)34(31,32)27-23-9-10-25-17-26-23;/h1-10,17,20H,11-16H2,(H,25,26,27);1H. The highest BCUT2D eigenvalue weighted by molar-refractivity contribution is 8.00. The van der Waals surface area contributed by atoms with Crippen LogP contribution in [0.5, 0.6) is 0 Å². The van der Waals surface area contributed by atoms with Crippen LogP contribution in [0.4, 0.5) is 11.5 Å². The van der Waals surface area contributed by atoms with Crippen molar-refractivity contribution >= 4 is 39.2 Å². The van der Waals surface area contributed by atoms with Gasteiger partial charge < -0.3 is 9.80 Å². The Bertz CT molecular complexity index is 1240. The van der Waals surface area contributed by atoms with Crippen LogP contribution in [-0.2, 0) is 21.2 Å². The molecule has 178 valence electrons. The number of carbonyl (C=O) groups excluding carboxylic acids is 1. The molecule has 1 fully saturated rings. The third-order valence-electron chi connectivity index (χ3n) is 6.08. The van der Waals surface area contributed by atoms with E-state index in [9.17, 15) is 13.2 Å². The number of benzene rings is 2. The molecule has 2 aromatic carbocycles. The maximum Gasteiger partial charge on any atom is 0.263 e. The smallest absolute Gasteiger partial charge is 0.263 e. The lowest BCUT2D eigenvalue weighted by Gasteiger charge is -2.36. The zero-order valence-electron chi connectivity index (χ0n) is 18.5. The van der Waals surface area contributed by atoms with Gasteiger partial charge in [0.2, 0.25) is 5.91 Å². The lowest BCUT2D eigenvalue weighted by atomic mass is 10.1. The fraction of sp³-hybridized carbons (Fsp3) is 0.292. The molecule has 10 heteroatoms. The van der Waals surface area contributed by atoms with Crippen molar-refractivity contribution in [2.24, 2.45) is 0 Å². The zero-order chi connectivity index (χ0) is 23.5. The Morgan fingerprint density at radius 1 is 1.06 bits per heavy atom. The van der Waals surface area contributed by atoms with Gasteiger partial charge in [0.25, 0.3) is 10.0 Å². The molecule has 0 aliphatic carbocycles. The third kappa shape index (κ3) is 5.02. The summed E-state index contributed by atoms with van der Waals surface area (Å²) in [6, 6.07) is 16.7. The van der Waals surface area contributed by atoms with Crippen LogP contribution in [-0.4, -0.2) is 60.6 Å². The molecule has 0 spiro atoms. The highest BCUT2D eigenvalue weighted by Gasteiger charge is 2.28. The Kier molecular flexibility index (Phi) is 6.42. The second-order valence-electron chi connectivity index (χ2n) is 8.32. The number of hydrogen-bond donors (Lipinski definition) is 1. The first-order valence-electron chi connectivity index (χ1n) is 11.1. The zero-order valence-corrected chi connectivity index (χ0v) is 20.1. The van der Waals surface area contributed by atoms with Gasteiger partial charge in [0.05, 0.1) is 4.90 Å². The van der Waals surface area contributed by atoms with Gasteiger partial charge in [-0.1, -0.05) is 18.2 Å². The quantitative estimate of drug-likeness (QED) is 0.558. The highest BCUT2D eigenvalue weighted by atomic mass is 32.2. The first kappa shape index (κ1) is 22.7. The van der Waals surface area contributed by atoms with Crippen molar-refractivity contribution in [1.29, 1.82) is 0 Å². The summed E-state index contributed by atoms with van der Waals surface area (Å²) in [5.74, 6) is 0.432. The molecule has 8 nitrogen and oxygen atoms in total. The minimum atomic E-state index is -3.73. The van der Waals surface area contributed by atoms with Crippen LogP contribution in [0.25, 0.3) is 0 Å². The number of hydrogen-bond acceptors (Lipinski definition) is 7. The summed E-state index contributed by atoms with van der Waals surface area (Å²) < 4.78 is 27.6.